The van der Waals surface area contributed by atoms with E-state index in [0.29, 0.717) is 12.5 Å². The first-order valence-corrected chi connectivity index (χ1v) is 7.19. The van der Waals surface area contributed by atoms with Crippen LogP contribution < -0.4 is 11.1 Å². The summed E-state index contributed by atoms with van der Waals surface area (Å²) in [5.74, 6) is 0.643. The third-order valence-corrected chi connectivity index (χ3v) is 4.31. The molecule has 19 heavy (non-hydrogen) atoms. The molecule has 1 saturated carbocycles. The largest absolute Gasteiger partial charge is 0.349 e. The van der Waals surface area contributed by atoms with Gasteiger partial charge in [-0.05, 0) is 50.3 Å². The first-order chi connectivity index (χ1) is 9.13. The van der Waals surface area contributed by atoms with Gasteiger partial charge in [0.2, 0.25) is 5.91 Å². The average molecular weight is 260 g/mol. The number of aryl methyl sites for hydroxylation is 1. The van der Waals surface area contributed by atoms with E-state index in [1.54, 1.807) is 0 Å². The Morgan fingerprint density at radius 2 is 2.16 bits per heavy atom. The second kappa shape index (κ2) is 6.20. The third kappa shape index (κ3) is 3.16. The second-order valence-corrected chi connectivity index (χ2v) is 5.62. The molecular formula is C16H24N2O. The molecule has 3 N–H and O–H groups in total. The van der Waals surface area contributed by atoms with E-state index in [9.17, 15) is 4.79 Å². The lowest BCUT2D eigenvalue weighted by Crippen LogP contribution is -2.36. The van der Waals surface area contributed by atoms with Crippen LogP contribution in [0, 0.1) is 18.8 Å². The number of hydrogen-bond acceptors (Lipinski definition) is 2. The summed E-state index contributed by atoms with van der Waals surface area (Å²) in [7, 11) is 0. The minimum Gasteiger partial charge on any atom is -0.349 e. The maximum Gasteiger partial charge on any atom is 0.223 e. The Labute approximate surface area is 115 Å². The van der Waals surface area contributed by atoms with E-state index in [2.05, 4.69) is 24.4 Å². The van der Waals surface area contributed by atoms with Gasteiger partial charge < -0.3 is 11.1 Å². The van der Waals surface area contributed by atoms with E-state index < -0.39 is 0 Å². The fourth-order valence-corrected chi connectivity index (χ4v) is 3.13. The van der Waals surface area contributed by atoms with E-state index in [-0.39, 0.29) is 17.9 Å². The van der Waals surface area contributed by atoms with Crippen LogP contribution in [0.3, 0.4) is 0 Å². The number of rotatable bonds is 4. The molecule has 3 heteroatoms. The van der Waals surface area contributed by atoms with Gasteiger partial charge in [-0.15, -0.1) is 0 Å². The molecule has 3 atom stereocenters. The van der Waals surface area contributed by atoms with Gasteiger partial charge in [0.15, 0.2) is 0 Å². The summed E-state index contributed by atoms with van der Waals surface area (Å²) in [6.45, 7) is 4.75. The van der Waals surface area contributed by atoms with E-state index in [1.165, 1.54) is 11.1 Å². The van der Waals surface area contributed by atoms with Crippen molar-refractivity contribution < 1.29 is 4.79 Å². The molecule has 2 rings (SSSR count). The molecule has 0 spiro atoms. The summed E-state index contributed by atoms with van der Waals surface area (Å²) in [6.07, 6.45) is 3.19. The zero-order valence-electron chi connectivity index (χ0n) is 11.9. The van der Waals surface area contributed by atoms with Gasteiger partial charge in [0.1, 0.15) is 0 Å². The predicted octanol–water partition coefficient (Wildman–Crippen LogP) is 2.55. The van der Waals surface area contributed by atoms with E-state index in [4.69, 9.17) is 5.73 Å². The fourth-order valence-electron chi connectivity index (χ4n) is 3.13. The maximum absolute atomic E-state index is 12.3. The summed E-state index contributed by atoms with van der Waals surface area (Å²) in [6, 6.07) is 8.26. The molecule has 0 aliphatic heterocycles. The number of amides is 1. The van der Waals surface area contributed by atoms with Crippen molar-refractivity contribution in [1.29, 1.82) is 0 Å². The Balaban J connectivity index is 2.01. The molecule has 0 saturated heterocycles. The van der Waals surface area contributed by atoms with Gasteiger partial charge in [-0.25, -0.2) is 0 Å². The molecule has 1 aliphatic carbocycles. The van der Waals surface area contributed by atoms with Gasteiger partial charge in [0.05, 0.1) is 6.04 Å². The number of carbonyl (C=O) groups is 1. The van der Waals surface area contributed by atoms with Crippen LogP contribution in [-0.2, 0) is 4.79 Å². The summed E-state index contributed by atoms with van der Waals surface area (Å²) in [5.41, 5.74) is 8.16. The van der Waals surface area contributed by atoms with Crippen LogP contribution in [0.4, 0.5) is 0 Å². The van der Waals surface area contributed by atoms with Crippen LogP contribution in [0.1, 0.15) is 43.4 Å². The fraction of sp³-hybridized carbons (Fsp3) is 0.562. The predicted molar refractivity (Wildman–Crippen MR) is 77.6 cm³/mol. The molecule has 1 unspecified atom stereocenters. The lowest BCUT2D eigenvalue weighted by molar-refractivity contribution is -0.126. The molecule has 1 aromatic carbocycles. The van der Waals surface area contributed by atoms with Crippen molar-refractivity contribution in [3.8, 4) is 0 Å². The number of carbonyl (C=O) groups excluding carboxylic acids is 1. The van der Waals surface area contributed by atoms with Gasteiger partial charge in [-0.3, -0.25) is 4.79 Å². The molecule has 0 radical (unpaired) electrons. The Morgan fingerprint density at radius 3 is 2.84 bits per heavy atom. The molecule has 104 valence electrons. The highest BCUT2D eigenvalue weighted by Gasteiger charge is 2.32. The zero-order valence-corrected chi connectivity index (χ0v) is 11.9. The molecule has 1 aliphatic rings. The molecule has 0 bridgehead atoms. The number of benzene rings is 1. The summed E-state index contributed by atoms with van der Waals surface area (Å²) in [5, 5.41) is 3.15. The summed E-state index contributed by atoms with van der Waals surface area (Å²) < 4.78 is 0. The van der Waals surface area contributed by atoms with Crippen molar-refractivity contribution in [3.63, 3.8) is 0 Å². The normalized spacial score (nSPS) is 24.2. The van der Waals surface area contributed by atoms with Crippen LogP contribution in [0.5, 0.6) is 0 Å². The number of hydrogen-bond donors (Lipinski definition) is 2. The van der Waals surface area contributed by atoms with Gasteiger partial charge in [-0.2, -0.15) is 0 Å². The lowest BCUT2D eigenvalue weighted by Gasteiger charge is -2.22. The first kappa shape index (κ1) is 14.1. The molecule has 1 amide bonds. The van der Waals surface area contributed by atoms with Crippen LogP contribution >= 0.6 is 0 Å². The highest BCUT2D eigenvalue weighted by atomic mass is 16.2. The van der Waals surface area contributed by atoms with E-state index in [0.717, 1.165) is 19.3 Å². The van der Waals surface area contributed by atoms with Gasteiger partial charge >= 0.3 is 0 Å². The lowest BCUT2D eigenvalue weighted by atomic mass is 9.94. The molecule has 0 heterocycles. The summed E-state index contributed by atoms with van der Waals surface area (Å²) >= 11 is 0. The third-order valence-electron chi connectivity index (χ3n) is 4.31. The zero-order chi connectivity index (χ0) is 13.8. The van der Waals surface area contributed by atoms with E-state index in [1.807, 2.05) is 19.1 Å². The van der Waals surface area contributed by atoms with Crippen LogP contribution in [0.15, 0.2) is 24.3 Å². The number of nitrogens with one attached hydrogen (secondary N) is 1. The molecule has 1 fully saturated rings. The standard InChI is InChI=1S/C16H24N2O/c1-11-6-3-4-8-14(11)12(2)18-16(19)15-9-5-7-13(15)10-17/h3-4,6,8,12-13,15H,5,7,9-10,17H2,1-2H3,(H,18,19)/t12?,13-,15-/m1/s1. The topological polar surface area (TPSA) is 55.1 Å². The van der Waals surface area contributed by atoms with E-state index >= 15 is 0 Å². The van der Waals surface area contributed by atoms with Crippen LogP contribution in [-0.4, -0.2) is 12.5 Å². The van der Waals surface area contributed by atoms with Crippen molar-refractivity contribution in [2.24, 2.45) is 17.6 Å². The Bertz CT molecular complexity index is 444. The minimum absolute atomic E-state index is 0.0627. The monoisotopic (exact) mass is 260 g/mol. The SMILES string of the molecule is Cc1ccccc1C(C)NC(=O)[C@@H]1CCC[C@@H]1CN. The molecular weight excluding hydrogens is 236 g/mol. The molecule has 0 aromatic heterocycles. The quantitative estimate of drug-likeness (QED) is 0.874. The second-order valence-electron chi connectivity index (χ2n) is 5.62. The van der Waals surface area contributed by atoms with Crippen molar-refractivity contribution in [2.75, 3.05) is 6.54 Å². The Morgan fingerprint density at radius 1 is 1.42 bits per heavy atom. The maximum atomic E-state index is 12.3. The first-order valence-electron chi connectivity index (χ1n) is 7.19. The van der Waals surface area contributed by atoms with Crippen molar-refractivity contribution in [1.82, 2.24) is 5.32 Å². The minimum atomic E-state index is 0.0627. The van der Waals surface area contributed by atoms with Crippen molar-refractivity contribution in [3.05, 3.63) is 35.4 Å². The van der Waals surface area contributed by atoms with Crippen molar-refractivity contribution >= 4 is 5.91 Å². The van der Waals surface area contributed by atoms with Crippen LogP contribution in [0.25, 0.3) is 0 Å². The smallest absolute Gasteiger partial charge is 0.223 e. The van der Waals surface area contributed by atoms with Crippen molar-refractivity contribution in [2.45, 2.75) is 39.2 Å². The average Bonchev–Trinajstić information content (AvgIpc) is 2.87. The Kier molecular flexibility index (Phi) is 4.59. The summed E-state index contributed by atoms with van der Waals surface area (Å²) in [4.78, 5) is 12.3. The van der Waals surface area contributed by atoms with Gasteiger partial charge in [0, 0.05) is 5.92 Å². The van der Waals surface area contributed by atoms with Gasteiger partial charge in [-0.1, -0.05) is 30.7 Å². The molecule has 1 aromatic rings. The highest BCUT2D eigenvalue weighted by Crippen LogP contribution is 2.31. The molecule has 3 nitrogen and oxygen atoms in total. The van der Waals surface area contributed by atoms with Gasteiger partial charge in [0.25, 0.3) is 0 Å². The Hall–Kier alpha value is -1.35. The van der Waals surface area contributed by atoms with Crippen LogP contribution in [0.2, 0.25) is 0 Å². The highest BCUT2D eigenvalue weighted by molar-refractivity contribution is 5.79. The number of nitrogens with two attached hydrogens (primary N) is 1.